The van der Waals surface area contributed by atoms with E-state index in [1.54, 1.807) is 12.1 Å². The van der Waals surface area contributed by atoms with E-state index < -0.39 is 16.1 Å². The average molecular weight is 364 g/mol. The zero-order valence-corrected chi connectivity index (χ0v) is 12.8. The summed E-state index contributed by atoms with van der Waals surface area (Å²) in [4.78, 5) is 0.195. The van der Waals surface area contributed by atoms with Gasteiger partial charge < -0.3 is 15.7 Å². The number of hydrogen-bond acceptors (Lipinski definition) is 5. The zero-order valence-electron chi connectivity index (χ0n) is 10.4. The molecule has 20 heavy (non-hydrogen) atoms. The van der Waals surface area contributed by atoms with E-state index in [1.807, 2.05) is 0 Å². The van der Waals surface area contributed by atoms with Gasteiger partial charge in [-0.25, -0.2) is 8.42 Å². The van der Waals surface area contributed by atoms with Crippen molar-refractivity contribution in [2.75, 3.05) is 19.7 Å². The molecule has 1 atom stereocenters. The Morgan fingerprint density at radius 3 is 2.70 bits per heavy atom. The molecule has 1 aliphatic heterocycles. The number of nitrogens with zero attached hydrogens (tertiary/aromatic N) is 2. The molecule has 0 spiro atoms. The lowest BCUT2D eigenvalue weighted by atomic mass is 10.3. The first-order valence-corrected chi connectivity index (χ1v) is 8.03. The van der Waals surface area contributed by atoms with Crippen LogP contribution in [0.1, 0.15) is 0 Å². The number of rotatable bonds is 3. The quantitative estimate of drug-likeness (QED) is 0.353. The van der Waals surface area contributed by atoms with Gasteiger partial charge in [0.05, 0.1) is 11.5 Å². The van der Waals surface area contributed by atoms with Crippen molar-refractivity contribution in [2.24, 2.45) is 10.9 Å². The molecule has 1 aromatic rings. The van der Waals surface area contributed by atoms with Crippen LogP contribution in [-0.4, -0.2) is 49.6 Å². The number of nitrogens with two attached hydrogens (primary N) is 1. The monoisotopic (exact) mass is 363 g/mol. The Labute approximate surface area is 125 Å². The van der Waals surface area contributed by atoms with Gasteiger partial charge in [-0.3, -0.25) is 0 Å². The lowest BCUT2D eigenvalue weighted by molar-refractivity contribution is 0.0355. The second-order valence-corrected chi connectivity index (χ2v) is 7.05. The minimum absolute atomic E-state index is 0.0221. The number of morpholine rings is 1. The predicted octanol–water partition coefficient (Wildman–Crippen LogP) is 0.585. The predicted molar refractivity (Wildman–Crippen MR) is 76.0 cm³/mol. The van der Waals surface area contributed by atoms with Crippen LogP contribution in [0.15, 0.2) is 38.8 Å². The minimum Gasteiger partial charge on any atom is -0.409 e. The van der Waals surface area contributed by atoms with Crippen molar-refractivity contribution in [3.05, 3.63) is 28.7 Å². The van der Waals surface area contributed by atoms with E-state index in [9.17, 15) is 8.42 Å². The highest BCUT2D eigenvalue weighted by molar-refractivity contribution is 9.10. The fraction of sp³-hybridized carbons (Fsp3) is 0.364. The van der Waals surface area contributed by atoms with Crippen LogP contribution in [0.3, 0.4) is 0 Å². The third kappa shape index (κ3) is 3.11. The van der Waals surface area contributed by atoms with Crippen molar-refractivity contribution >= 4 is 31.8 Å². The van der Waals surface area contributed by atoms with Crippen LogP contribution in [0.2, 0.25) is 0 Å². The fourth-order valence-electron chi connectivity index (χ4n) is 1.84. The summed E-state index contributed by atoms with van der Waals surface area (Å²) in [6.45, 7) is 0.443. The number of benzene rings is 1. The van der Waals surface area contributed by atoms with Crippen LogP contribution in [-0.2, 0) is 14.8 Å². The molecule has 1 aromatic carbocycles. The molecule has 7 nitrogen and oxygen atoms in total. The largest absolute Gasteiger partial charge is 0.409 e. The van der Waals surface area contributed by atoms with Gasteiger partial charge in [0, 0.05) is 17.6 Å². The van der Waals surface area contributed by atoms with E-state index >= 15 is 0 Å². The van der Waals surface area contributed by atoms with E-state index in [-0.39, 0.29) is 30.4 Å². The molecule has 0 saturated carbocycles. The molecule has 1 saturated heterocycles. The van der Waals surface area contributed by atoms with Gasteiger partial charge in [-0.2, -0.15) is 4.31 Å². The summed E-state index contributed by atoms with van der Waals surface area (Å²) in [6.07, 6.45) is -0.737. The summed E-state index contributed by atoms with van der Waals surface area (Å²) < 4.78 is 32.3. The van der Waals surface area contributed by atoms with E-state index in [0.717, 1.165) is 4.47 Å². The minimum atomic E-state index is -3.61. The van der Waals surface area contributed by atoms with Gasteiger partial charge in [0.2, 0.25) is 10.0 Å². The SMILES string of the molecule is NC(=NO)C1CN(S(=O)(=O)c2ccc(Br)cc2)CCO1. The van der Waals surface area contributed by atoms with Crippen LogP contribution in [0.4, 0.5) is 0 Å². The van der Waals surface area contributed by atoms with Gasteiger partial charge in [0.1, 0.15) is 6.10 Å². The maximum absolute atomic E-state index is 12.5. The Kier molecular flexibility index (Phi) is 4.63. The number of hydrogen-bond donors (Lipinski definition) is 2. The highest BCUT2D eigenvalue weighted by Crippen LogP contribution is 2.20. The molecule has 0 radical (unpaired) electrons. The van der Waals surface area contributed by atoms with Gasteiger partial charge in [-0.15, -0.1) is 0 Å². The number of halogens is 1. The van der Waals surface area contributed by atoms with Crippen LogP contribution >= 0.6 is 15.9 Å². The maximum atomic E-state index is 12.5. The molecule has 0 aromatic heterocycles. The number of amidine groups is 1. The molecular formula is C11H14BrN3O4S. The first-order valence-electron chi connectivity index (χ1n) is 5.80. The molecule has 9 heteroatoms. The second kappa shape index (κ2) is 6.08. The maximum Gasteiger partial charge on any atom is 0.243 e. The van der Waals surface area contributed by atoms with Crippen molar-refractivity contribution in [3.63, 3.8) is 0 Å². The van der Waals surface area contributed by atoms with Gasteiger partial charge in [0.15, 0.2) is 5.84 Å². The molecule has 1 fully saturated rings. The van der Waals surface area contributed by atoms with Crippen molar-refractivity contribution in [2.45, 2.75) is 11.0 Å². The fourth-order valence-corrected chi connectivity index (χ4v) is 3.53. The van der Waals surface area contributed by atoms with Crippen LogP contribution < -0.4 is 5.73 Å². The lowest BCUT2D eigenvalue weighted by Crippen LogP contribution is -2.50. The van der Waals surface area contributed by atoms with Crippen LogP contribution in [0.25, 0.3) is 0 Å². The topological polar surface area (TPSA) is 105 Å². The molecule has 110 valence electrons. The average Bonchev–Trinajstić information content (AvgIpc) is 2.47. The molecular weight excluding hydrogens is 350 g/mol. The van der Waals surface area contributed by atoms with E-state index in [0.29, 0.717) is 0 Å². The van der Waals surface area contributed by atoms with Gasteiger partial charge in [-0.05, 0) is 24.3 Å². The van der Waals surface area contributed by atoms with E-state index in [4.69, 9.17) is 15.7 Å². The Hall–Kier alpha value is -1.16. The number of ether oxygens (including phenoxy) is 1. The summed E-state index contributed by atoms with van der Waals surface area (Å²) in [6, 6.07) is 6.36. The third-order valence-corrected chi connectivity index (χ3v) is 5.33. The first-order chi connectivity index (χ1) is 9.45. The summed E-state index contributed by atoms with van der Waals surface area (Å²) in [5.41, 5.74) is 5.46. The molecule has 1 aliphatic rings. The molecule has 0 bridgehead atoms. The smallest absolute Gasteiger partial charge is 0.243 e. The van der Waals surface area contributed by atoms with E-state index in [2.05, 4.69) is 21.1 Å². The number of oxime groups is 1. The second-order valence-electron chi connectivity index (χ2n) is 4.20. The lowest BCUT2D eigenvalue weighted by Gasteiger charge is -2.31. The van der Waals surface area contributed by atoms with Crippen molar-refractivity contribution in [3.8, 4) is 0 Å². The standard InChI is InChI=1S/C11H14BrN3O4S/c12-8-1-3-9(4-2-8)20(17,18)15-5-6-19-10(7-15)11(13)14-16/h1-4,10,16H,5-7H2,(H2,13,14). The molecule has 2 rings (SSSR count). The molecule has 1 unspecified atom stereocenters. The first kappa shape index (κ1) is 15.2. The van der Waals surface area contributed by atoms with Crippen molar-refractivity contribution in [1.29, 1.82) is 0 Å². The summed E-state index contributed by atoms with van der Waals surface area (Å²) >= 11 is 3.26. The Morgan fingerprint density at radius 2 is 2.10 bits per heavy atom. The summed E-state index contributed by atoms with van der Waals surface area (Å²) in [7, 11) is -3.61. The summed E-state index contributed by atoms with van der Waals surface area (Å²) in [5.74, 6) is -0.138. The number of sulfonamides is 1. The highest BCUT2D eigenvalue weighted by atomic mass is 79.9. The van der Waals surface area contributed by atoms with Gasteiger partial charge >= 0.3 is 0 Å². The molecule has 3 N–H and O–H groups in total. The van der Waals surface area contributed by atoms with Crippen LogP contribution in [0.5, 0.6) is 0 Å². The molecule has 1 heterocycles. The highest BCUT2D eigenvalue weighted by Gasteiger charge is 2.32. The van der Waals surface area contributed by atoms with Crippen molar-refractivity contribution < 1.29 is 18.4 Å². The molecule has 0 aliphatic carbocycles. The molecule has 0 amide bonds. The zero-order chi connectivity index (χ0) is 14.8. The van der Waals surface area contributed by atoms with E-state index in [1.165, 1.54) is 16.4 Å². The van der Waals surface area contributed by atoms with Crippen molar-refractivity contribution in [1.82, 2.24) is 4.31 Å². The normalized spacial score (nSPS) is 21.9. The van der Waals surface area contributed by atoms with Gasteiger partial charge in [-0.1, -0.05) is 21.1 Å². The third-order valence-electron chi connectivity index (χ3n) is 2.93. The Morgan fingerprint density at radius 1 is 1.45 bits per heavy atom. The van der Waals surface area contributed by atoms with Gasteiger partial charge in [0.25, 0.3) is 0 Å². The Bertz CT molecular complexity index is 603. The Balaban J connectivity index is 2.23. The van der Waals surface area contributed by atoms with Crippen LogP contribution in [0, 0.1) is 0 Å². The summed E-state index contributed by atoms with van der Waals surface area (Å²) in [5, 5.41) is 11.5.